The van der Waals surface area contributed by atoms with Crippen LogP contribution in [0.5, 0.6) is 5.75 Å². The number of ether oxygens (including phenoxy) is 1. The average Bonchev–Trinajstić information content (AvgIpc) is 3.19. The van der Waals surface area contributed by atoms with E-state index in [0.29, 0.717) is 6.54 Å². The molecule has 0 radical (unpaired) electrons. The minimum absolute atomic E-state index is 0.0940. The van der Waals surface area contributed by atoms with E-state index in [1.54, 1.807) is 7.11 Å². The molecule has 2 aromatic carbocycles. The van der Waals surface area contributed by atoms with Gasteiger partial charge in [0.05, 0.1) is 13.2 Å². The van der Waals surface area contributed by atoms with Gasteiger partial charge in [-0.05, 0) is 69.1 Å². The van der Waals surface area contributed by atoms with E-state index in [4.69, 9.17) is 4.74 Å². The van der Waals surface area contributed by atoms with Crippen molar-refractivity contribution in [2.45, 2.75) is 32.7 Å². The molecule has 3 rings (SSSR count). The Balaban J connectivity index is 1.72. The zero-order valence-electron chi connectivity index (χ0n) is 16.7. The lowest BCUT2D eigenvalue weighted by atomic mass is 10.0. The van der Waals surface area contributed by atoms with Crippen molar-refractivity contribution in [3.05, 3.63) is 57.6 Å². The SMILES string of the molecule is COc1ccccc1C(CNC(=O)Nc1c(C)cc(Br)cc1C)N1CCCC1. The zero-order valence-corrected chi connectivity index (χ0v) is 18.3. The largest absolute Gasteiger partial charge is 0.496 e. The molecule has 150 valence electrons. The Morgan fingerprint density at radius 1 is 1.18 bits per heavy atom. The Morgan fingerprint density at radius 3 is 2.46 bits per heavy atom. The first-order chi connectivity index (χ1) is 13.5. The van der Waals surface area contributed by atoms with E-state index in [0.717, 1.165) is 45.7 Å². The lowest BCUT2D eigenvalue weighted by molar-refractivity contribution is 0.224. The summed E-state index contributed by atoms with van der Waals surface area (Å²) in [5, 5.41) is 6.08. The number of nitrogens with one attached hydrogen (secondary N) is 2. The van der Waals surface area contributed by atoms with Crippen LogP contribution in [0.25, 0.3) is 0 Å². The molecule has 1 aliphatic rings. The first-order valence-corrected chi connectivity index (χ1v) is 10.5. The molecule has 6 heteroatoms. The molecule has 1 unspecified atom stereocenters. The predicted octanol–water partition coefficient (Wildman–Crippen LogP) is 5.03. The number of carbonyl (C=O) groups is 1. The number of para-hydroxylation sites is 1. The summed E-state index contributed by atoms with van der Waals surface area (Å²) in [7, 11) is 1.69. The highest BCUT2D eigenvalue weighted by Crippen LogP contribution is 2.31. The molecule has 2 aromatic rings. The highest BCUT2D eigenvalue weighted by atomic mass is 79.9. The van der Waals surface area contributed by atoms with Crippen molar-refractivity contribution in [2.75, 3.05) is 32.1 Å². The second kappa shape index (κ2) is 9.43. The maximum atomic E-state index is 12.6. The van der Waals surface area contributed by atoms with E-state index >= 15 is 0 Å². The first-order valence-electron chi connectivity index (χ1n) is 9.68. The Morgan fingerprint density at radius 2 is 1.82 bits per heavy atom. The summed E-state index contributed by atoms with van der Waals surface area (Å²) < 4.78 is 6.58. The van der Waals surface area contributed by atoms with Gasteiger partial charge in [0, 0.05) is 22.3 Å². The minimum atomic E-state index is -0.187. The van der Waals surface area contributed by atoms with Crippen LogP contribution in [0.1, 0.15) is 35.6 Å². The van der Waals surface area contributed by atoms with Crippen LogP contribution in [0.3, 0.4) is 0 Å². The third-order valence-electron chi connectivity index (χ3n) is 5.27. The average molecular weight is 446 g/mol. The second-order valence-corrected chi connectivity index (χ2v) is 8.17. The predicted molar refractivity (Wildman–Crippen MR) is 117 cm³/mol. The summed E-state index contributed by atoms with van der Waals surface area (Å²) in [4.78, 5) is 15.0. The van der Waals surface area contributed by atoms with Crippen LogP contribution in [0, 0.1) is 13.8 Å². The molecule has 0 bridgehead atoms. The van der Waals surface area contributed by atoms with Crippen LogP contribution in [-0.4, -0.2) is 37.7 Å². The van der Waals surface area contributed by atoms with Crippen molar-refractivity contribution in [3.8, 4) is 5.75 Å². The smallest absolute Gasteiger partial charge is 0.319 e. The molecule has 5 nitrogen and oxygen atoms in total. The van der Waals surface area contributed by atoms with Crippen LogP contribution in [0.15, 0.2) is 40.9 Å². The molecule has 0 saturated carbocycles. The summed E-state index contributed by atoms with van der Waals surface area (Å²) in [6, 6.07) is 12.0. The van der Waals surface area contributed by atoms with Crippen LogP contribution in [-0.2, 0) is 0 Å². The van der Waals surface area contributed by atoms with Crippen molar-refractivity contribution in [1.82, 2.24) is 10.2 Å². The van der Waals surface area contributed by atoms with E-state index in [2.05, 4.69) is 37.5 Å². The van der Waals surface area contributed by atoms with E-state index in [1.165, 1.54) is 12.8 Å². The lowest BCUT2D eigenvalue weighted by Crippen LogP contribution is -2.39. The van der Waals surface area contributed by atoms with Gasteiger partial charge in [-0.3, -0.25) is 4.90 Å². The Kier molecular flexibility index (Phi) is 6.97. The summed E-state index contributed by atoms with van der Waals surface area (Å²) in [5.74, 6) is 0.862. The normalized spacial score (nSPS) is 15.3. The number of carbonyl (C=O) groups excluding carboxylic acids is 1. The molecular formula is C22H28BrN3O2. The standard InChI is InChI=1S/C22H28BrN3O2/c1-15-12-17(23)13-16(2)21(15)25-22(27)24-14-19(26-10-6-7-11-26)18-8-4-5-9-20(18)28-3/h4-5,8-9,12-13,19H,6-7,10-11,14H2,1-3H3,(H2,24,25,27). The molecular weight excluding hydrogens is 418 g/mol. The Labute approximate surface area is 175 Å². The molecule has 1 saturated heterocycles. The molecule has 28 heavy (non-hydrogen) atoms. The number of anilines is 1. The van der Waals surface area contributed by atoms with E-state index in [-0.39, 0.29) is 12.1 Å². The van der Waals surface area contributed by atoms with Crippen molar-refractivity contribution in [1.29, 1.82) is 0 Å². The number of methoxy groups -OCH3 is 1. The van der Waals surface area contributed by atoms with Crippen LogP contribution in [0.2, 0.25) is 0 Å². The quantitative estimate of drug-likeness (QED) is 0.654. The minimum Gasteiger partial charge on any atom is -0.496 e. The molecule has 1 fully saturated rings. The fraction of sp³-hybridized carbons (Fsp3) is 0.409. The van der Waals surface area contributed by atoms with Gasteiger partial charge in [-0.2, -0.15) is 0 Å². The van der Waals surface area contributed by atoms with Gasteiger partial charge in [-0.25, -0.2) is 4.79 Å². The van der Waals surface area contributed by atoms with Crippen LogP contribution in [0.4, 0.5) is 10.5 Å². The second-order valence-electron chi connectivity index (χ2n) is 7.25. The fourth-order valence-corrected chi connectivity index (χ4v) is 4.57. The number of likely N-dealkylation sites (tertiary alicyclic amines) is 1. The summed E-state index contributed by atoms with van der Waals surface area (Å²) in [5.41, 5.74) is 4.03. The number of rotatable bonds is 6. The van der Waals surface area contributed by atoms with Gasteiger partial charge in [0.25, 0.3) is 0 Å². The molecule has 1 atom stereocenters. The van der Waals surface area contributed by atoms with Crippen molar-refractivity contribution in [3.63, 3.8) is 0 Å². The van der Waals surface area contributed by atoms with Crippen LogP contribution >= 0.6 is 15.9 Å². The van der Waals surface area contributed by atoms with E-state index in [9.17, 15) is 4.79 Å². The maximum Gasteiger partial charge on any atom is 0.319 e. The third kappa shape index (κ3) is 4.86. The maximum absolute atomic E-state index is 12.6. The summed E-state index contributed by atoms with van der Waals surface area (Å²) in [6.07, 6.45) is 2.38. The van der Waals surface area contributed by atoms with Gasteiger partial charge >= 0.3 is 6.03 Å². The Hall–Kier alpha value is -2.05. The van der Waals surface area contributed by atoms with Crippen molar-refractivity contribution < 1.29 is 9.53 Å². The number of hydrogen-bond donors (Lipinski definition) is 2. The molecule has 0 spiro atoms. The molecule has 0 aliphatic carbocycles. The highest BCUT2D eigenvalue weighted by Gasteiger charge is 2.26. The van der Waals surface area contributed by atoms with E-state index < -0.39 is 0 Å². The van der Waals surface area contributed by atoms with Crippen molar-refractivity contribution in [2.24, 2.45) is 0 Å². The third-order valence-corrected chi connectivity index (χ3v) is 5.73. The molecule has 2 N–H and O–H groups in total. The number of urea groups is 1. The van der Waals surface area contributed by atoms with Gasteiger partial charge in [-0.15, -0.1) is 0 Å². The zero-order chi connectivity index (χ0) is 20.1. The Bertz CT molecular complexity index is 811. The molecule has 1 aliphatic heterocycles. The highest BCUT2D eigenvalue weighted by molar-refractivity contribution is 9.10. The van der Waals surface area contributed by atoms with Gasteiger partial charge in [0.1, 0.15) is 5.75 Å². The number of benzene rings is 2. The van der Waals surface area contributed by atoms with Crippen LogP contribution < -0.4 is 15.4 Å². The molecule has 2 amide bonds. The molecule has 0 aromatic heterocycles. The van der Waals surface area contributed by atoms with Gasteiger partial charge in [-0.1, -0.05) is 34.1 Å². The number of nitrogens with zero attached hydrogens (tertiary/aromatic N) is 1. The lowest BCUT2D eigenvalue weighted by Gasteiger charge is -2.29. The van der Waals surface area contributed by atoms with Crippen molar-refractivity contribution >= 4 is 27.6 Å². The fourth-order valence-electron chi connectivity index (χ4n) is 3.89. The number of amides is 2. The number of aryl methyl sites for hydroxylation is 2. The van der Waals surface area contributed by atoms with Gasteiger partial charge < -0.3 is 15.4 Å². The number of hydrogen-bond acceptors (Lipinski definition) is 3. The topological polar surface area (TPSA) is 53.6 Å². The van der Waals surface area contributed by atoms with E-state index in [1.807, 2.05) is 44.2 Å². The van der Waals surface area contributed by atoms with Gasteiger partial charge in [0.15, 0.2) is 0 Å². The summed E-state index contributed by atoms with van der Waals surface area (Å²) >= 11 is 3.49. The first kappa shape index (κ1) is 20.7. The monoisotopic (exact) mass is 445 g/mol. The van der Waals surface area contributed by atoms with Gasteiger partial charge in [0.2, 0.25) is 0 Å². The molecule has 1 heterocycles. The summed E-state index contributed by atoms with van der Waals surface area (Å²) in [6.45, 7) is 6.60. The number of halogens is 1.